The second-order valence-corrected chi connectivity index (χ2v) is 7.19. The fourth-order valence-electron chi connectivity index (χ4n) is 3.04. The molecular weight excluding hydrogens is 413 g/mol. The van der Waals surface area contributed by atoms with Gasteiger partial charge in [0.2, 0.25) is 11.9 Å². The molecule has 0 amide bonds. The lowest BCUT2D eigenvalue weighted by molar-refractivity contribution is 0.414. The number of nitrogens with one attached hydrogen (secondary N) is 2. The van der Waals surface area contributed by atoms with Gasteiger partial charge >= 0.3 is 0 Å². The van der Waals surface area contributed by atoms with E-state index in [1.54, 1.807) is 32.2 Å². The van der Waals surface area contributed by atoms with Gasteiger partial charge in [-0.25, -0.2) is 9.98 Å². The number of rotatable bonds is 3. The first kappa shape index (κ1) is 19.3. The van der Waals surface area contributed by atoms with E-state index in [1.165, 1.54) is 10.6 Å². The monoisotopic (exact) mass is 429 g/mol. The summed E-state index contributed by atoms with van der Waals surface area (Å²) in [5.74, 6) is 1.49. The number of benzene rings is 2. The molecule has 3 aromatic rings. The summed E-state index contributed by atoms with van der Waals surface area (Å²) >= 11 is 12.4. The van der Waals surface area contributed by atoms with Gasteiger partial charge in [-0.3, -0.25) is 14.7 Å². The molecule has 1 atom stereocenters. The first-order valence-corrected chi connectivity index (χ1v) is 9.52. The van der Waals surface area contributed by atoms with Crippen molar-refractivity contribution in [1.82, 2.24) is 9.55 Å². The minimum Gasteiger partial charge on any atom is -0.497 e. The molecule has 0 aliphatic carbocycles. The lowest BCUT2D eigenvalue weighted by Crippen LogP contribution is -2.37. The van der Waals surface area contributed by atoms with E-state index in [0.717, 1.165) is 5.56 Å². The molecule has 0 saturated heterocycles. The van der Waals surface area contributed by atoms with Crippen molar-refractivity contribution >= 4 is 40.8 Å². The van der Waals surface area contributed by atoms with Crippen LogP contribution in [0.5, 0.6) is 5.75 Å². The Morgan fingerprint density at radius 2 is 1.93 bits per heavy atom. The fourth-order valence-corrected chi connectivity index (χ4v) is 3.39. The summed E-state index contributed by atoms with van der Waals surface area (Å²) < 4.78 is 6.72. The quantitative estimate of drug-likeness (QED) is 0.648. The minimum absolute atomic E-state index is 0.204. The number of anilines is 2. The smallest absolute Gasteiger partial charge is 0.257 e. The zero-order valence-corrected chi connectivity index (χ0v) is 17.1. The molecule has 2 heterocycles. The van der Waals surface area contributed by atoms with Crippen LogP contribution in [0.2, 0.25) is 10.0 Å². The molecule has 0 radical (unpaired) electrons. The van der Waals surface area contributed by atoms with Crippen LogP contribution < -0.4 is 20.9 Å². The van der Waals surface area contributed by atoms with Gasteiger partial charge in [0.25, 0.3) is 5.56 Å². The standard InChI is InChI=1S/C20H17Cl2N5O2/c1-11-10-16(28)27-18(12-6-8-13(29-2)9-7-12)25-19(26-20(27)23-11)24-15-5-3-4-14(21)17(15)22/h3-10,18H,1-2H3,(H2,23,24,25,26)/t18-/m0/s1. The number of methoxy groups -OCH3 is 1. The van der Waals surface area contributed by atoms with Crippen LogP contribution in [-0.4, -0.2) is 22.6 Å². The molecule has 2 aromatic carbocycles. The largest absolute Gasteiger partial charge is 0.497 e. The van der Waals surface area contributed by atoms with Gasteiger partial charge in [-0.15, -0.1) is 0 Å². The number of aromatic nitrogens is 2. The number of ether oxygens (including phenoxy) is 1. The van der Waals surface area contributed by atoms with Crippen LogP contribution in [0.25, 0.3) is 0 Å². The summed E-state index contributed by atoms with van der Waals surface area (Å²) in [6, 6.07) is 14.1. The number of nitrogens with zero attached hydrogens (tertiary/aromatic N) is 3. The Morgan fingerprint density at radius 3 is 2.66 bits per heavy atom. The number of aliphatic imine (C=N–C) groups is 1. The van der Waals surface area contributed by atoms with Crippen molar-refractivity contribution in [1.29, 1.82) is 0 Å². The van der Waals surface area contributed by atoms with E-state index in [2.05, 4.69) is 20.6 Å². The lowest BCUT2D eigenvalue weighted by atomic mass is 10.1. The van der Waals surface area contributed by atoms with E-state index in [9.17, 15) is 4.79 Å². The van der Waals surface area contributed by atoms with Crippen molar-refractivity contribution in [3.8, 4) is 5.75 Å². The van der Waals surface area contributed by atoms with E-state index in [1.807, 2.05) is 24.3 Å². The van der Waals surface area contributed by atoms with E-state index < -0.39 is 6.17 Å². The third-order valence-corrected chi connectivity index (χ3v) is 5.24. The molecular formula is C20H17Cl2N5O2. The zero-order chi connectivity index (χ0) is 20.5. The van der Waals surface area contributed by atoms with Gasteiger partial charge in [0.1, 0.15) is 5.75 Å². The van der Waals surface area contributed by atoms with E-state index in [-0.39, 0.29) is 5.56 Å². The molecule has 0 unspecified atom stereocenters. The molecule has 148 valence electrons. The maximum Gasteiger partial charge on any atom is 0.257 e. The number of aryl methyl sites for hydroxylation is 1. The Kier molecular flexibility index (Phi) is 5.17. The fraction of sp³-hybridized carbons (Fsp3) is 0.150. The summed E-state index contributed by atoms with van der Waals surface area (Å²) in [5, 5.41) is 6.99. The van der Waals surface area contributed by atoms with Crippen molar-refractivity contribution < 1.29 is 4.74 Å². The van der Waals surface area contributed by atoms with Crippen LogP contribution >= 0.6 is 23.2 Å². The Hall–Kier alpha value is -3.03. The molecule has 29 heavy (non-hydrogen) atoms. The van der Waals surface area contributed by atoms with Crippen LogP contribution in [0.1, 0.15) is 17.4 Å². The van der Waals surface area contributed by atoms with Crippen molar-refractivity contribution in [2.75, 3.05) is 17.7 Å². The van der Waals surface area contributed by atoms with Crippen LogP contribution in [-0.2, 0) is 0 Å². The number of halogens is 2. The Labute approximate surface area is 177 Å². The highest BCUT2D eigenvalue weighted by atomic mass is 35.5. The third-order valence-electron chi connectivity index (χ3n) is 4.43. The molecule has 0 fully saturated rings. The maximum absolute atomic E-state index is 12.7. The van der Waals surface area contributed by atoms with Crippen molar-refractivity contribution in [2.45, 2.75) is 13.1 Å². The normalized spacial score (nSPS) is 15.2. The van der Waals surface area contributed by atoms with Gasteiger partial charge in [-0.05, 0) is 36.8 Å². The minimum atomic E-state index is -0.613. The Morgan fingerprint density at radius 1 is 1.17 bits per heavy atom. The SMILES string of the molecule is COc1ccc([C@H]2N=C(Nc3cccc(Cl)c3Cl)Nc3nc(C)cc(=O)n32)cc1. The summed E-state index contributed by atoms with van der Waals surface area (Å²) in [5.41, 5.74) is 1.79. The zero-order valence-electron chi connectivity index (χ0n) is 15.6. The molecule has 0 spiro atoms. The summed E-state index contributed by atoms with van der Waals surface area (Å²) in [6.07, 6.45) is -0.613. The third kappa shape index (κ3) is 3.79. The molecule has 9 heteroatoms. The highest BCUT2D eigenvalue weighted by Gasteiger charge is 2.25. The first-order valence-electron chi connectivity index (χ1n) is 8.76. The van der Waals surface area contributed by atoms with Gasteiger partial charge in [0, 0.05) is 11.8 Å². The summed E-state index contributed by atoms with van der Waals surface area (Å²) in [4.78, 5) is 21.8. The Balaban J connectivity index is 1.80. The second-order valence-electron chi connectivity index (χ2n) is 6.41. The first-order chi connectivity index (χ1) is 14.0. The average Bonchev–Trinajstić information content (AvgIpc) is 2.70. The molecule has 0 saturated carbocycles. The average molecular weight is 430 g/mol. The number of hydrogen-bond acceptors (Lipinski definition) is 6. The Bertz CT molecular complexity index is 1160. The van der Waals surface area contributed by atoms with Crippen LogP contribution in [0.15, 0.2) is 58.3 Å². The van der Waals surface area contributed by atoms with E-state index >= 15 is 0 Å². The van der Waals surface area contributed by atoms with Gasteiger partial charge in [-0.2, -0.15) is 0 Å². The summed E-state index contributed by atoms with van der Waals surface area (Å²) in [6.45, 7) is 1.76. The van der Waals surface area contributed by atoms with Gasteiger partial charge in [-0.1, -0.05) is 41.4 Å². The predicted molar refractivity (Wildman–Crippen MR) is 116 cm³/mol. The molecule has 2 N–H and O–H groups in total. The van der Waals surface area contributed by atoms with Gasteiger partial charge in [0.15, 0.2) is 6.17 Å². The van der Waals surface area contributed by atoms with E-state index in [4.69, 9.17) is 27.9 Å². The van der Waals surface area contributed by atoms with Gasteiger partial charge < -0.3 is 10.1 Å². The van der Waals surface area contributed by atoms with Crippen molar-refractivity contribution in [3.63, 3.8) is 0 Å². The molecule has 1 aromatic heterocycles. The molecule has 4 rings (SSSR count). The second kappa shape index (κ2) is 7.77. The van der Waals surface area contributed by atoms with Gasteiger partial charge in [0.05, 0.1) is 22.8 Å². The van der Waals surface area contributed by atoms with Crippen LogP contribution in [0, 0.1) is 6.92 Å². The van der Waals surface area contributed by atoms with Crippen molar-refractivity contribution in [3.05, 3.63) is 80.2 Å². The number of guanidine groups is 1. The van der Waals surface area contributed by atoms with Crippen LogP contribution in [0.4, 0.5) is 11.6 Å². The highest BCUT2D eigenvalue weighted by Crippen LogP contribution is 2.31. The number of hydrogen-bond donors (Lipinski definition) is 2. The highest BCUT2D eigenvalue weighted by molar-refractivity contribution is 6.44. The summed E-state index contributed by atoms with van der Waals surface area (Å²) in [7, 11) is 1.60. The molecule has 1 aliphatic rings. The van der Waals surface area contributed by atoms with Crippen LogP contribution in [0.3, 0.4) is 0 Å². The number of fused-ring (bicyclic) bond motifs is 1. The van der Waals surface area contributed by atoms with Crippen molar-refractivity contribution in [2.24, 2.45) is 4.99 Å². The maximum atomic E-state index is 12.7. The molecule has 7 nitrogen and oxygen atoms in total. The topological polar surface area (TPSA) is 80.5 Å². The molecule has 1 aliphatic heterocycles. The molecule has 0 bridgehead atoms. The van der Waals surface area contributed by atoms with E-state index in [0.29, 0.717) is 39.1 Å². The lowest BCUT2D eigenvalue weighted by Gasteiger charge is -2.27. The predicted octanol–water partition coefficient (Wildman–Crippen LogP) is 4.31.